The van der Waals surface area contributed by atoms with Gasteiger partial charge in [-0.1, -0.05) is 109 Å². The van der Waals surface area contributed by atoms with Crippen molar-refractivity contribution >= 4 is 17.8 Å². The molecule has 0 unspecified atom stereocenters. The summed E-state index contributed by atoms with van der Waals surface area (Å²) in [5, 5.41) is 26.4. The van der Waals surface area contributed by atoms with Crippen LogP contribution in [0, 0.1) is 0 Å². The fraction of sp³-hybridized carbons (Fsp3) is 0.250. The number of aromatic nitrogens is 4. The van der Waals surface area contributed by atoms with Crippen LogP contribution < -0.4 is 10.6 Å². The Morgan fingerprint density at radius 1 is 0.684 bits per heavy atom. The van der Waals surface area contributed by atoms with Crippen LogP contribution in [0.5, 0.6) is 0 Å². The molecule has 57 heavy (non-hydrogen) atoms. The van der Waals surface area contributed by atoms with Crippen LogP contribution in [-0.2, 0) is 16.0 Å². The summed E-state index contributed by atoms with van der Waals surface area (Å²) in [6.45, 7) is 0.396. The first-order chi connectivity index (χ1) is 27.7. The first kappa shape index (κ1) is 37.4. The van der Waals surface area contributed by atoms with E-state index in [4.69, 9.17) is 0 Å². The highest BCUT2D eigenvalue weighted by atomic mass is 16.3. The number of H-pyrrole nitrogens is 2. The van der Waals surface area contributed by atoms with Crippen molar-refractivity contribution in [3.63, 3.8) is 0 Å². The molecule has 2 fully saturated rings. The lowest BCUT2D eigenvalue weighted by Crippen LogP contribution is -2.45. The van der Waals surface area contributed by atoms with Crippen LogP contribution in [-0.4, -0.2) is 90.1 Å². The second kappa shape index (κ2) is 16.3. The molecule has 4 amide bonds. The molecular weight excluding hydrogens is 721 g/mol. The molecule has 0 bridgehead atoms. The van der Waals surface area contributed by atoms with E-state index >= 15 is 0 Å². The second-order valence-corrected chi connectivity index (χ2v) is 14.6. The fourth-order valence-corrected chi connectivity index (χ4v) is 7.83. The van der Waals surface area contributed by atoms with E-state index in [1.807, 2.05) is 97.1 Å². The van der Waals surface area contributed by atoms with Gasteiger partial charge in [-0.15, -0.1) is 0 Å². The molecular formula is C44H44N8O5. The van der Waals surface area contributed by atoms with Crippen LogP contribution >= 0.6 is 0 Å². The summed E-state index contributed by atoms with van der Waals surface area (Å²) < 4.78 is 0. The third-order valence-corrected chi connectivity index (χ3v) is 10.8. The summed E-state index contributed by atoms with van der Waals surface area (Å²) in [7, 11) is 1.49. The van der Waals surface area contributed by atoms with Crippen LogP contribution in [0.15, 0.2) is 122 Å². The molecule has 6 N–H and O–H groups in total. The minimum Gasteiger partial charge on any atom is -0.391 e. The predicted octanol–water partition coefficient (Wildman–Crippen LogP) is 5.32. The van der Waals surface area contributed by atoms with Gasteiger partial charge >= 0.3 is 6.03 Å². The molecule has 6 aromatic rings. The molecule has 4 aromatic carbocycles. The van der Waals surface area contributed by atoms with Gasteiger partial charge in [0.15, 0.2) is 0 Å². The zero-order chi connectivity index (χ0) is 39.5. The van der Waals surface area contributed by atoms with Crippen LogP contribution in [0.2, 0.25) is 0 Å². The van der Waals surface area contributed by atoms with Crippen molar-refractivity contribution in [1.29, 1.82) is 0 Å². The van der Waals surface area contributed by atoms with Gasteiger partial charge in [0, 0.05) is 33.0 Å². The number of imidazole rings is 2. The predicted molar refractivity (Wildman–Crippen MR) is 214 cm³/mol. The summed E-state index contributed by atoms with van der Waals surface area (Å²) in [5.74, 6) is 0.835. The Kier molecular flexibility index (Phi) is 10.7. The highest BCUT2D eigenvalue weighted by Crippen LogP contribution is 2.36. The van der Waals surface area contributed by atoms with Crippen molar-refractivity contribution in [2.45, 2.75) is 49.6 Å². The van der Waals surface area contributed by atoms with Gasteiger partial charge in [0.2, 0.25) is 5.91 Å². The van der Waals surface area contributed by atoms with E-state index in [0.717, 1.165) is 39.2 Å². The summed E-state index contributed by atoms with van der Waals surface area (Å²) in [5.41, 5.74) is 7.08. The Labute approximate surface area is 329 Å². The molecule has 2 aliphatic heterocycles. The van der Waals surface area contributed by atoms with Gasteiger partial charge in [-0.3, -0.25) is 9.59 Å². The lowest BCUT2D eigenvalue weighted by atomic mass is 10.0. The number of aliphatic hydroxyl groups excluding tert-OH is 2. The SMILES string of the molecule is CNC(=O)N[C@@H](C(=O)N1C[C@H](O)C[C@H]1c1ncc(-c2ccc(-c3ccc(-c4cnc([C@@H]5C[C@@H](O)CN5C(=O)Cc5ccccc5)[nH]4)cc3)cc2)[nH]1)c1ccccc1. The van der Waals surface area contributed by atoms with Gasteiger partial charge in [0.05, 0.1) is 54.5 Å². The molecule has 0 aliphatic carbocycles. The van der Waals surface area contributed by atoms with Crippen LogP contribution in [0.4, 0.5) is 4.79 Å². The Balaban J connectivity index is 0.936. The van der Waals surface area contributed by atoms with Crippen LogP contribution in [0.1, 0.15) is 53.7 Å². The molecule has 0 radical (unpaired) electrons. The number of likely N-dealkylation sites (tertiary alicyclic amines) is 2. The van der Waals surface area contributed by atoms with Gasteiger partial charge < -0.3 is 40.6 Å². The van der Waals surface area contributed by atoms with E-state index in [1.54, 1.807) is 34.3 Å². The summed E-state index contributed by atoms with van der Waals surface area (Å²) in [6, 6.07) is 32.6. The minimum absolute atomic E-state index is 0.0400. The van der Waals surface area contributed by atoms with E-state index in [1.165, 1.54) is 7.05 Å². The standard InChI is InChI=1S/C44H44N8O5/c1-45-44(57)50-40(32-10-6-3-7-11-32)43(56)52-26-34(54)22-38(52)42-47-24-36(49-42)31-18-14-29(15-19-31)28-12-16-30(17-13-28)35-23-46-41(48-35)37-21-33(53)25-51(37)39(55)20-27-8-4-2-5-9-27/h2-19,23-24,33-34,37-38,40,53-54H,20-22,25-26H2,1H3,(H,46,48)(H,47,49)(H2,45,50,57)/t33-,34-,37+,38+,40-/m1/s1. The van der Waals surface area contributed by atoms with Crippen molar-refractivity contribution < 1.29 is 24.6 Å². The number of β-amino-alcohol motifs (C(OH)–C–C–N with tert-alkyl or cyclic N) is 2. The number of carbonyl (C=O) groups is 3. The van der Waals surface area contributed by atoms with Gasteiger partial charge in [-0.25, -0.2) is 14.8 Å². The number of aliphatic hydroxyl groups is 2. The number of rotatable bonds is 10. The molecule has 2 aromatic heterocycles. The van der Waals surface area contributed by atoms with E-state index in [-0.39, 0.29) is 37.4 Å². The van der Waals surface area contributed by atoms with Gasteiger partial charge in [0.1, 0.15) is 17.7 Å². The maximum absolute atomic E-state index is 13.9. The van der Waals surface area contributed by atoms with E-state index in [2.05, 4.69) is 30.6 Å². The number of hydrogen-bond acceptors (Lipinski definition) is 7. The smallest absolute Gasteiger partial charge is 0.315 e. The van der Waals surface area contributed by atoms with Crippen molar-refractivity contribution in [2.75, 3.05) is 20.1 Å². The number of urea groups is 1. The van der Waals surface area contributed by atoms with Gasteiger partial charge in [-0.05, 0) is 33.4 Å². The zero-order valence-electron chi connectivity index (χ0n) is 31.4. The number of hydrogen-bond donors (Lipinski definition) is 6. The molecule has 0 spiro atoms. The highest BCUT2D eigenvalue weighted by Gasteiger charge is 2.41. The zero-order valence-corrected chi connectivity index (χ0v) is 31.4. The number of amides is 4. The van der Waals surface area contributed by atoms with Crippen molar-refractivity contribution in [3.8, 4) is 33.6 Å². The molecule has 13 nitrogen and oxygen atoms in total. The third kappa shape index (κ3) is 8.06. The average molecular weight is 765 g/mol. The minimum atomic E-state index is -0.938. The van der Waals surface area contributed by atoms with E-state index in [0.29, 0.717) is 30.1 Å². The van der Waals surface area contributed by atoms with Gasteiger partial charge in [0.25, 0.3) is 5.91 Å². The molecule has 0 saturated carbocycles. The molecule has 5 atom stereocenters. The summed E-state index contributed by atoms with van der Waals surface area (Å²) in [6.07, 6.45) is 3.16. The van der Waals surface area contributed by atoms with Crippen LogP contribution in [0.25, 0.3) is 33.6 Å². The molecule has 4 heterocycles. The Morgan fingerprint density at radius 2 is 1.16 bits per heavy atom. The Morgan fingerprint density at radius 3 is 1.68 bits per heavy atom. The highest BCUT2D eigenvalue weighted by molar-refractivity contribution is 5.88. The van der Waals surface area contributed by atoms with Crippen molar-refractivity contribution in [1.82, 2.24) is 40.4 Å². The third-order valence-electron chi connectivity index (χ3n) is 10.8. The summed E-state index contributed by atoms with van der Waals surface area (Å²) in [4.78, 5) is 58.8. The quantitative estimate of drug-likeness (QED) is 0.109. The topological polar surface area (TPSA) is 180 Å². The first-order valence-electron chi connectivity index (χ1n) is 19.1. The first-order valence-corrected chi connectivity index (χ1v) is 19.1. The van der Waals surface area contributed by atoms with Crippen molar-refractivity contribution in [3.05, 3.63) is 144 Å². The normalized spacial score (nSPS) is 19.7. The van der Waals surface area contributed by atoms with E-state index < -0.39 is 30.3 Å². The lowest BCUT2D eigenvalue weighted by molar-refractivity contribution is -0.135. The van der Waals surface area contributed by atoms with Crippen LogP contribution in [0.3, 0.4) is 0 Å². The number of aromatic amines is 2. The van der Waals surface area contributed by atoms with Gasteiger partial charge in [-0.2, -0.15) is 0 Å². The summed E-state index contributed by atoms with van der Waals surface area (Å²) >= 11 is 0. The van der Waals surface area contributed by atoms with Crippen molar-refractivity contribution in [2.24, 2.45) is 0 Å². The molecule has 290 valence electrons. The molecule has 2 aliphatic rings. The number of carbonyl (C=O) groups excluding carboxylic acids is 3. The second-order valence-electron chi connectivity index (χ2n) is 14.6. The van der Waals surface area contributed by atoms with E-state index in [9.17, 15) is 24.6 Å². The average Bonchev–Trinajstić information content (AvgIpc) is 4.07. The monoisotopic (exact) mass is 764 g/mol. The fourth-order valence-electron chi connectivity index (χ4n) is 7.83. The number of nitrogens with one attached hydrogen (secondary N) is 4. The molecule has 8 rings (SSSR count). The Hall–Kier alpha value is -6.57. The maximum Gasteiger partial charge on any atom is 0.315 e. The maximum atomic E-state index is 13.9. The number of benzene rings is 4. The molecule has 2 saturated heterocycles. The lowest BCUT2D eigenvalue weighted by Gasteiger charge is -2.28. The number of nitrogens with zero attached hydrogens (tertiary/aromatic N) is 4. The largest absolute Gasteiger partial charge is 0.391 e. The molecule has 13 heteroatoms. The Bertz CT molecular complexity index is 2330.